The van der Waals surface area contributed by atoms with Gasteiger partial charge in [-0.25, -0.2) is 4.68 Å². The van der Waals surface area contributed by atoms with E-state index in [2.05, 4.69) is 20.5 Å². The van der Waals surface area contributed by atoms with Crippen LogP contribution in [0.4, 0.5) is 0 Å². The van der Waals surface area contributed by atoms with Crippen molar-refractivity contribution in [2.24, 2.45) is 5.73 Å². The Morgan fingerprint density at radius 1 is 1.45 bits per heavy atom. The fourth-order valence-corrected chi connectivity index (χ4v) is 2.62. The molecular weight excluding hydrogens is 260 g/mol. The monoisotopic (exact) mass is 278 g/mol. The first kappa shape index (κ1) is 13.2. The predicted molar refractivity (Wildman–Crippen MR) is 68.5 cm³/mol. The minimum absolute atomic E-state index is 0.363. The molecule has 20 heavy (non-hydrogen) atoms. The van der Waals surface area contributed by atoms with Crippen LogP contribution in [0.5, 0.6) is 0 Å². The third kappa shape index (κ3) is 2.32. The summed E-state index contributed by atoms with van der Waals surface area (Å²) in [6.07, 6.45) is 5.89. The second-order valence-corrected chi connectivity index (χ2v) is 5.03. The van der Waals surface area contributed by atoms with Gasteiger partial charge in [0.1, 0.15) is 12.1 Å². The first-order valence-corrected chi connectivity index (χ1v) is 6.73. The maximum Gasteiger partial charge on any atom is 0.248 e. The number of hydrogen-bond donors (Lipinski definition) is 1. The molecular formula is C12H18N6O2. The second kappa shape index (κ2) is 5.29. The summed E-state index contributed by atoms with van der Waals surface area (Å²) in [5.74, 6) is 1.13. The first-order chi connectivity index (χ1) is 9.75. The molecule has 1 saturated carbocycles. The Morgan fingerprint density at radius 3 is 2.90 bits per heavy atom. The number of nitrogens with zero attached hydrogens (tertiary/aromatic N) is 5. The van der Waals surface area contributed by atoms with Crippen LogP contribution in [0.25, 0.3) is 0 Å². The van der Waals surface area contributed by atoms with Crippen molar-refractivity contribution in [3.8, 4) is 0 Å². The van der Waals surface area contributed by atoms with Crippen LogP contribution in [-0.2, 0) is 23.4 Å². The summed E-state index contributed by atoms with van der Waals surface area (Å²) in [6, 6.07) is 0. The largest absolute Gasteiger partial charge is 0.370 e. The van der Waals surface area contributed by atoms with E-state index < -0.39 is 0 Å². The number of hydrogen-bond acceptors (Lipinski definition) is 7. The van der Waals surface area contributed by atoms with Gasteiger partial charge in [0, 0.05) is 13.7 Å². The zero-order valence-electron chi connectivity index (χ0n) is 11.4. The van der Waals surface area contributed by atoms with Gasteiger partial charge in [-0.2, -0.15) is 4.98 Å². The lowest BCUT2D eigenvalue weighted by Crippen LogP contribution is -2.26. The molecule has 1 aliphatic rings. The number of nitrogens with two attached hydrogens (primary N) is 1. The Morgan fingerprint density at radius 2 is 2.25 bits per heavy atom. The number of methoxy groups -OCH3 is 1. The molecule has 0 aromatic carbocycles. The maximum absolute atomic E-state index is 5.63. The molecule has 0 spiro atoms. The van der Waals surface area contributed by atoms with E-state index >= 15 is 0 Å². The van der Waals surface area contributed by atoms with Gasteiger partial charge in [0.2, 0.25) is 11.7 Å². The van der Waals surface area contributed by atoms with Crippen LogP contribution in [0.15, 0.2) is 10.7 Å². The van der Waals surface area contributed by atoms with Crippen LogP contribution in [0.1, 0.15) is 43.1 Å². The Bertz CT molecular complexity index is 572. The third-order valence-electron chi connectivity index (χ3n) is 3.77. The van der Waals surface area contributed by atoms with Crippen LogP contribution in [0.2, 0.25) is 0 Å². The molecule has 0 radical (unpaired) electrons. The van der Waals surface area contributed by atoms with Crippen LogP contribution in [0.3, 0.4) is 0 Å². The molecule has 1 aliphatic carbocycles. The van der Waals surface area contributed by atoms with Crippen LogP contribution in [-0.4, -0.2) is 32.2 Å². The van der Waals surface area contributed by atoms with Crippen molar-refractivity contribution >= 4 is 0 Å². The van der Waals surface area contributed by atoms with Crippen molar-refractivity contribution in [1.82, 2.24) is 25.1 Å². The molecule has 2 aromatic rings. The smallest absolute Gasteiger partial charge is 0.248 e. The molecule has 0 saturated heterocycles. The van der Waals surface area contributed by atoms with E-state index in [-0.39, 0.29) is 5.60 Å². The minimum atomic E-state index is -0.382. The summed E-state index contributed by atoms with van der Waals surface area (Å²) in [7, 11) is 1.70. The van der Waals surface area contributed by atoms with Crippen LogP contribution in [0, 0.1) is 0 Å². The number of aromatic nitrogens is 5. The van der Waals surface area contributed by atoms with Gasteiger partial charge in [0.05, 0.1) is 11.9 Å². The third-order valence-corrected chi connectivity index (χ3v) is 3.77. The summed E-state index contributed by atoms with van der Waals surface area (Å²) >= 11 is 0. The predicted octanol–water partition coefficient (Wildman–Crippen LogP) is 0.584. The fraction of sp³-hybridized carbons (Fsp3) is 0.667. The molecule has 2 N–H and O–H groups in total. The van der Waals surface area contributed by atoms with Gasteiger partial charge in [0.15, 0.2) is 0 Å². The average molecular weight is 278 g/mol. The van der Waals surface area contributed by atoms with Crippen molar-refractivity contribution < 1.29 is 9.26 Å². The second-order valence-electron chi connectivity index (χ2n) is 5.03. The molecule has 0 atom stereocenters. The van der Waals surface area contributed by atoms with Gasteiger partial charge in [-0.1, -0.05) is 10.4 Å². The molecule has 0 unspecified atom stereocenters. The van der Waals surface area contributed by atoms with Crippen molar-refractivity contribution in [2.75, 3.05) is 7.11 Å². The van der Waals surface area contributed by atoms with Crippen molar-refractivity contribution in [3.05, 3.63) is 23.6 Å². The topological polar surface area (TPSA) is 105 Å². The Labute approximate surface area is 116 Å². The Hall–Kier alpha value is -1.80. The first-order valence-electron chi connectivity index (χ1n) is 6.73. The lowest BCUT2D eigenvalue weighted by Gasteiger charge is -2.22. The quantitative estimate of drug-likeness (QED) is 0.853. The van der Waals surface area contributed by atoms with Crippen molar-refractivity contribution in [1.29, 1.82) is 0 Å². The molecule has 2 heterocycles. The van der Waals surface area contributed by atoms with E-state index in [4.69, 9.17) is 15.0 Å². The molecule has 0 aliphatic heterocycles. The Kier molecular flexibility index (Phi) is 3.49. The van der Waals surface area contributed by atoms with Crippen molar-refractivity contribution in [2.45, 2.75) is 44.4 Å². The summed E-state index contributed by atoms with van der Waals surface area (Å²) in [5.41, 5.74) is 5.84. The minimum Gasteiger partial charge on any atom is -0.370 e. The highest BCUT2D eigenvalue weighted by atomic mass is 16.5. The average Bonchev–Trinajstić information content (AvgIpc) is 3.19. The normalized spacial score (nSPS) is 17.7. The maximum atomic E-state index is 5.63. The standard InChI is InChI=1S/C12H18N6O2/c1-19-12(4-2-3-5-12)11-14-10(20-16-11)8-18-7-9(6-13)15-17-18/h7H,2-6,8,13H2,1H3. The zero-order valence-corrected chi connectivity index (χ0v) is 11.4. The molecule has 1 fully saturated rings. The van der Waals surface area contributed by atoms with E-state index in [1.165, 1.54) is 0 Å². The van der Waals surface area contributed by atoms with Gasteiger partial charge >= 0.3 is 0 Å². The molecule has 3 rings (SSSR count). The summed E-state index contributed by atoms with van der Waals surface area (Å²) in [6.45, 7) is 0.752. The van der Waals surface area contributed by atoms with Crippen LogP contribution < -0.4 is 5.73 Å². The zero-order chi connectivity index (χ0) is 14.0. The molecule has 108 valence electrons. The van der Waals surface area contributed by atoms with Gasteiger partial charge in [-0.05, 0) is 25.7 Å². The highest BCUT2D eigenvalue weighted by Crippen LogP contribution is 2.40. The summed E-state index contributed by atoms with van der Waals surface area (Å²) in [5, 5.41) is 11.9. The number of rotatable bonds is 5. The van der Waals surface area contributed by atoms with E-state index in [9.17, 15) is 0 Å². The van der Waals surface area contributed by atoms with Gasteiger partial charge in [-0.15, -0.1) is 5.10 Å². The van der Waals surface area contributed by atoms with Crippen molar-refractivity contribution in [3.63, 3.8) is 0 Å². The van der Waals surface area contributed by atoms with Gasteiger partial charge in [-0.3, -0.25) is 0 Å². The highest BCUT2D eigenvalue weighted by molar-refractivity contribution is 5.04. The molecule has 8 nitrogen and oxygen atoms in total. The molecule has 0 bridgehead atoms. The molecule has 0 amide bonds. The fourth-order valence-electron chi connectivity index (χ4n) is 2.62. The summed E-state index contributed by atoms with van der Waals surface area (Å²) in [4.78, 5) is 4.44. The highest BCUT2D eigenvalue weighted by Gasteiger charge is 2.40. The van der Waals surface area contributed by atoms with Gasteiger partial charge in [0.25, 0.3) is 0 Å². The lowest BCUT2D eigenvalue weighted by atomic mass is 10.0. The van der Waals surface area contributed by atoms with E-state index in [1.54, 1.807) is 18.0 Å². The van der Waals surface area contributed by atoms with Crippen LogP contribution >= 0.6 is 0 Å². The Balaban J connectivity index is 1.76. The lowest BCUT2D eigenvalue weighted by molar-refractivity contribution is -0.0178. The number of ether oxygens (including phenoxy) is 1. The summed E-state index contributed by atoms with van der Waals surface area (Å²) < 4.78 is 12.6. The van der Waals surface area contributed by atoms with E-state index in [1.807, 2.05) is 0 Å². The SMILES string of the molecule is COC1(c2noc(Cn3cc(CN)nn3)n2)CCCC1. The molecule has 2 aromatic heterocycles. The van der Waals surface area contributed by atoms with E-state index in [0.29, 0.717) is 24.8 Å². The van der Waals surface area contributed by atoms with E-state index in [0.717, 1.165) is 31.4 Å². The molecule has 8 heteroatoms. The van der Waals surface area contributed by atoms with Gasteiger partial charge < -0.3 is 15.0 Å².